The molecule has 2 N–H and O–H groups in total. The van der Waals surface area contributed by atoms with E-state index in [9.17, 15) is 4.79 Å². The molecule has 0 radical (unpaired) electrons. The summed E-state index contributed by atoms with van der Waals surface area (Å²) in [5.74, 6) is 0.734. The Hall–Kier alpha value is -0.570. The third-order valence-corrected chi connectivity index (χ3v) is 2.90. The molecule has 0 spiro atoms. The van der Waals surface area contributed by atoms with Crippen LogP contribution in [0, 0.1) is 5.92 Å². The fourth-order valence-electron chi connectivity index (χ4n) is 1.79. The summed E-state index contributed by atoms with van der Waals surface area (Å²) in [6, 6.07) is 0. The summed E-state index contributed by atoms with van der Waals surface area (Å²) in [5, 5.41) is 11.9. The van der Waals surface area contributed by atoms with Gasteiger partial charge in [0, 0.05) is 0 Å². The molecular formula is C9H17NO2. The number of aliphatic hydroxyl groups is 1. The Balaban J connectivity index is 2.50. The van der Waals surface area contributed by atoms with Crippen molar-refractivity contribution in [2.75, 3.05) is 6.61 Å². The summed E-state index contributed by atoms with van der Waals surface area (Å²) in [4.78, 5) is 10.3. The third-order valence-electron chi connectivity index (χ3n) is 2.90. The first-order chi connectivity index (χ1) is 5.72. The van der Waals surface area contributed by atoms with Crippen LogP contribution in [-0.4, -0.2) is 23.7 Å². The summed E-state index contributed by atoms with van der Waals surface area (Å²) in [7, 11) is 0. The largest absolute Gasteiger partial charge is 0.394 e. The van der Waals surface area contributed by atoms with Gasteiger partial charge in [-0.15, -0.1) is 0 Å². The van der Waals surface area contributed by atoms with Crippen LogP contribution in [0.5, 0.6) is 0 Å². The highest BCUT2D eigenvalue weighted by Gasteiger charge is 2.32. The Bertz CT molecular complexity index is 151. The molecule has 0 aromatic heterocycles. The van der Waals surface area contributed by atoms with Crippen molar-refractivity contribution in [1.82, 2.24) is 5.32 Å². The maximum Gasteiger partial charge on any atom is 0.207 e. The normalized spacial score (nSPS) is 36.0. The summed E-state index contributed by atoms with van der Waals surface area (Å²) in [6.45, 7) is 2.28. The molecule has 1 saturated carbocycles. The van der Waals surface area contributed by atoms with Crippen molar-refractivity contribution in [2.24, 2.45) is 5.92 Å². The molecule has 0 aromatic carbocycles. The molecule has 0 bridgehead atoms. The number of amides is 1. The van der Waals surface area contributed by atoms with E-state index in [-0.39, 0.29) is 12.1 Å². The first-order valence-electron chi connectivity index (χ1n) is 4.55. The first-order valence-corrected chi connectivity index (χ1v) is 4.55. The second kappa shape index (κ2) is 3.90. The molecule has 0 aliphatic heterocycles. The monoisotopic (exact) mass is 171 g/mol. The van der Waals surface area contributed by atoms with Crippen LogP contribution in [-0.2, 0) is 4.79 Å². The second-order valence-electron chi connectivity index (χ2n) is 3.88. The van der Waals surface area contributed by atoms with Gasteiger partial charge >= 0.3 is 0 Å². The molecule has 1 aliphatic rings. The van der Waals surface area contributed by atoms with Gasteiger partial charge in [-0.05, 0) is 31.6 Å². The maximum absolute atomic E-state index is 10.3. The molecule has 70 valence electrons. The zero-order valence-corrected chi connectivity index (χ0v) is 7.55. The fraction of sp³-hybridized carbons (Fsp3) is 0.889. The van der Waals surface area contributed by atoms with Gasteiger partial charge in [0.25, 0.3) is 0 Å². The van der Waals surface area contributed by atoms with Crippen LogP contribution in [0.25, 0.3) is 0 Å². The zero-order valence-electron chi connectivity index (χ0n) is 7.55. The number of carbonyl (C=O) groups is 1. The van der Waals surface area contributed by atoms with Crippen LogP contribution in [0.1, 0.15) is 32.6 Å². The lowest BCUT2D eigenvalue weighted by Crippen LogP contribution is -2.50. The second-order valence-corrected chi connectivity index (χ2v) is 3.88. The highest BCUT2D eigenvalue weighted by molar-refractivity contribution is 5.48. The minimum absolute atomic E-state index is 0.0679. The number of rotatable bonds is 3. The average molecular weight is 171 g/mol. The van der Waals surface area contributed by atoms with Crippen molar-refractivity contribution in [3.05, 3.63) is 0 Å². The van der Waals surface area contributed by atoms with E-state index in [0.717, 1.165) is 31.6 Å². The maximum atomic E-state index is 10.3. The van der Waals surface area contributed by atoms with Crippen LogP contribution in [0.3, 0.4) is 0 Å². The van der Waals surface area contributed by atoms with Crippen LogP contribution >= 0.6 is 0 Å². The molecule has 0 unspecified atom stereocenters. The Labute approximate surface area is 73.2 Å². The van der Waals surface area contributed by atoms with Crippen LogP contribution in [0.15, 0.2) is 0 Å². The van der Waals surface area contributed by atoms with E-state index in [1.165, 1.54) is 0 Å². The average Bonchev–Trinajstić information content (AvgIpc) is 2.10. The Morgan fingerprint density at radius 1 is 1.58 bits per heavy atom. The molecule has 0 heterocycles. The zero-order chi connectivity index (χ0) is 9.03. The van der Waals surface area contributed by atoms with Gasteiger partial charge in [0.15, 0.2) is 0 Å². The number of carbonyl (C=O) groups excluding carboxylic acids is 1. The summed E-state index contributed by atoms with van der Waals surface area (Å²) in [5.41, 5.74) is -0.311. The van der Waals surface area contributed by atoms with Gasteiger partial charge in [-0.2, -0.15) is 0 Å². The molecule has 1 amide bonds. The van der Waals surface area contributed by atoms with Crippen molar-refractivity contribution in [1.29, 1.82) is 0 Å². The topological polar surface area (TPSA) is 49.3 Å². The van der Waals surface area contributed by atoms with Crippen molar-refractivity contribution in [3.8, 4) is 0 Å². The standard InChI is InChI=1S/C9H17NO2/c1-8-2-4-9(6-11,5-3-8)10-7-12/h7-8,11H,2-6H2,1H3,(H,10,12). The third kappa shape index (κ3) is 1.97. The highest BCUT2D eigenvalue weighted by Crippen LogP contribution is 2.30. The lowest BCUT2D eigenvalue weighted by Gasteiger charge is -2.37. The van der Waals surface area contributed by atoms with E-state index < -0.39 is 0 Å². The van der Waals surface area contributed by atoms with E-state index in [1.54, 1.807) is 0 Å². The molecule has 3 heteroatoms. The molecule has 0 atom stereocenters. The first kappa shape index (κ1) is 9.52. The number of hydrogen-bond donors (Lipinski definition) is 2. The Kier molecular flexibility index (Phi) is 3.09. The van der Waals surface area contributed by atoms with E-state index in [2.05, 4.69) is 12.2 Å². The van der Waals surface area contributed by atoms with Crippen molar-refractivity contribution < 1.29 is 9.90 Å². The quantitative estimate of drug-likeness (QED) is 0.613. The van der Waals surface area contributed by atoms with Gasteiger partial charge in [-0.1, -0.05) is 6.92 Å². The Morgan fingerprint density at radius 2 is 2.17 bits per heavy atom. The SMILES string of the molecule is CC1CCC(CO)(NC=O)CC1. The lowest BCUT2D eigenvalue weighted by atomic mass is 9.78. The molecule has 1 rings (SSSR count). The van der Waals surface area contributed by atoms with Crippen LogP contribution in [0.4, 0.5) is 0 Å². The number of hydrogen-bond acceptors (Lipinski definition) is 2. The molecular weight excluding hydrogens is 154 g/mol. The Morgan fingerprint density at radius 3 is 2.58 bits per heavy atom. The van der Waals surface area contributed by atoms with Crippen molar-refractivity contribution in [3.63, 3.8) is 0 Å². The molecule has 1 fully saturated rings. The van der Waals surface area contributed by atoms with Crippen LogP contribution < -0.4 is 5.32 Å². The van der Waals surface area contributed by atoms with Gasteiger partial charge in [-0.25, -0.2) is 0 Å². The number of aliphatic hydroxyl groups excluding tert-OH is 1. The van der Waals surface area contributed by atoms with E-state index in [0.29, 0.717) is 6.41 Å². The van der Waals surface area contributed by atoms with Crippen molar-refractivity contribution >= 4 is 6.41 Å². The van der Waals surface area contributed by atoms with E-state index in [1.807, 2.05) is 0 Å². The lowest BCUT2D eigenvalue weighted by molar-refractivity contribution is -0.112. The minimum Gasteiger partial charge on any atom is -0.394 e. The molecule has 1 aliphatic carbocycles. The summed E-state index contributed by atoms with van der Waals surface area (Å²) in [6.07, 6.45) is 4.71. The van der Waals surface area contributed by atoms with Gasteiger partial charge in [0.05, 0.1) is 12.1 Å². The highest BCUT2D eigenvalue weighted by atomic mass is 16.3. The van der Waals surface area contributed by atoms with E-state index >= 15 is 0 Å². The minimum atomic E-state index is -0.311. The fourth-order valence-corrected chi connectivity index (χ4v) is 1.79. The van der Waals surface area contributed by atoms with Crippen molar-refractivity contribution in [2.45, 2.75) is 38.1 Å². The van der Waals surface area contributed by atoms with E-state index in [4.69, 9.17) is 5.11 Å². The molecule has 12 heavy (non-hydrogen) atoms. The number of nitrogens with one attached hydrogen (secondary N) is 1. The predicted octanol–water partition coefficient (Wildman–Crippen LogP) is 0.674. The smallest absolute Gasteiger partial charge is 0.207 e. The predicted molar refractivity (Wildman–Crippen MR) is 46.6 cm³/mol. The summed E-state index contributed by atoms with van der Waals surface area (Å²) >= 11 is 0. The van der Waals surface area contributed by atoms with Gasteiger partial charge < -0.3 is 10.4 Å². The molecule has 0 aromatic rings. The van der Waals surface area contributed by atoms with Crippen LogP contribution in [0.2, 0.25) is 0 Å². The van der Waals surface area contributed by atoms with Gasteiger partial charge in [0.1, 0.15) is 0 Å². The van der Waals surface area contributed by atoms with Gasteiger partial charge in [-0.3, -0.25) is 4.79 Å². The summed E-state index contributed by atoms with van der Waals surface area (Å²) < 4.78 is 0. The molecule has 3 nitrogen and oxygen atoms in total. The molecule has 0 saturated heterocycles. The van der Waals surface area contributed by atoms with Gasteiger partial charge in [0.2, 0.25) is 6.41 Å².